The van der Waals surface area contributed by atoms with Crippen molar-refractivity contribution in [3.05, 3.63) is 0 Å². The summed E-state index contributed by atoms with van der Waals surface area (Å²) in [4.78, 5) is 13.7. The molecule has 1 N–H and O–H groups in total. The molecule has 3 nitrogen and oxygen atoms in total. The summed E-state index contributed by atoms with van der Waals surface area (Å²) in [6.45, 7) is 6.16. The zero-order valence-electron chi connectivity index (χ0n) is 10.1. The van der Waals surface area contributed by atoms with Gasteiger partial charge < -0.3 is 10.2 Å². The van der Waals surface area contributed by atoms with E-state index in [2.05, 4.69) is 19.2 Å². The molecule has 0 aliphatic carbocycles. The zero-order chi connectivity index (χ0) is 11.1. The largest absolute Gasteiger partial charge is 0.338 e. The van der Waals surface area contributed by atoms with Gasteiger partial charge in [0, 0.05) is 19.1 Å². The number of nitrogens with one attached hydrogen (secondary N) is 1. The second kappa shape index (κ2) is 6.70. The van der Waals surface area contributed by atoms with Gasteiger partial charge in [0.05, 0.1) is 0 Å². The molecule has 1 heterocycles. The van der Waals surface area contributed by atoms with Crippen molar-refractivity contribution in [2.45, 2.75) is 58.4 Å². The summed E-state index contributed by atoms with van der Waals surface area (Å²) in [5, 5.41) is 2.92. The van der Waals surface area contributed by atoms with Crippen LogP contribution in [0.3, 0.4) is 0 Å². The van der Waals surface area contributed by atoms with E-state index in [4.69, 9.17) is 0 Å². The summed E-state index contributed by atoms with van der Waals surface area (Å²) in [6.07, 6.45) is 7.13. The molecule has 15 heavy (non-hydrogen) atoms. The molecular weight excluding hydrogens is 188 g/mol. The maximum absolute atomic E-state index is 11.6. The van der Waals surface area contributed by atoms with Gasteiger partial charge in [0.25, 0.3) is 0 Å². The third kappa shape index (κ3) is 3.73. The van der Waals surface area contributed by atoms with Gasteiger partial charge in [0.1, 0.15) is 0 Å². The Labute approximate surface area is 93.2 Å². The lowest BCUT2D eigenvalue weighted by Crippen LogP contribution is -2.52. The van der Waals surface area contributed by atoms with Crippen molar-refractivity contribution < 1.29 is 4.79 Å². The number of hydrogen-bond acceptors (Lipinski definition) is 1. The fourth-order valence-electron chi connectivity index (χ4n) is 2.19. The third-order valence-corrected chi connectivity index (χ3v) is 3.18. The molecule has 0 aromatic rings. The number of nitrogens with zero attached hydrogens (tertiary/aromatic N) is 1. The normalized spacial score (nSPS) is 21.6. The molecular formula is C12H24N2O. The number of unbranched alkanes of at least 4 members (excludes halogenated alkanes) is 3. The van der Waals surface area contributed by atoms with E-state index < -0.39 is 0 Å². The minimum Gasteiger partial charge on any atom is -0.338 e. The van der Waals surface area contributed by atoms with Crippen molar-refractivity contribution in [1.29, 1.82) is 0 Å². The van der Waals surface area contributed by atoms with E-state index in [0.29, 0.717) is 6.04 Å². The number of rotatable bonds is 6. The minimum absolute atomic E-state index is 0.143. The van der Waals surface area contributed by atoms with Crippen molar-refractivity contribution >= 4 is 6.03 Å². The Balaban J connectivity index is 2.30. The van der Waals surface area contributed by atoms with E-state index in [9.17, 15) is 4.79 Å². The summed E-state index contributed by atoms with van der Waals surface area (Å²) in [7, 11) is 0. The molecule has 1 aliphatic heterocycles. The molecule has 3 heteroatoms. The lowest BCUT2D eigenvalue weighted by molar-refractivity contribution is 0.150. The van der Waals surface area contributed by atoms with Gasteiger partial charge in [-0.05, 0) is 19.3 Å². The van der Waals surface area contributed by atoms with Gasteiger partial charge in [-0.1, -0.05) is 33.1 Å². The van der Waals surface area contributed by atoms with Crippen LogP contribution in [0, 0.1) is 0 Å². The Hall–Kier alpha value is -0.730. The quantitative estimate of drug-likeness (QED) is 0.675. The fraction of sp³-hybridized carbons (Fsp3) is 0.917. The van der Waals surface area contributed by atoms with E-state index in [-0.39, 0.29) is 6.03 Å². The molecule has 0 aromatic heterocycles. The predicted octanol–water partition coefficient (Wildman–Crippen LogP) is 2.76. The van der Waals surface area contributed by atoms with Crippen LogP contribution in [-0.2, 0) is 0 Å². The van der Waals surface area contributed by atoms with Gasteiger partial charge >= 0.3 is 6.03 Å². The van der Waals surface area contributed by atoms with Crippen molar-refractivity contribution in [2.75, 3.05) is 13.1 Å². The second-order valence-electron chi connectivity index (χ2n) is 4.34. The lowest BCUT2D eigenvalue weighted by Gasteiger charge is -2.35. The Morgan fingerprint density at radius 1 is 1.33 bits per heavy atom. The maximum atomic E-state index is 11.6. The van der Waals surface area contributed by atoms with Crippen LogP contribution in [0.2, 0.25) is 0 Å². The van der Waals surface area contributed by atoms with Gasteiger partial charge in [-0.25, -0.2) is 4.79 Å². The number of hydrogen-bond donors (Lipinski definition) is 1. The summed E-state index contributed by atoms with van der Waals surface area (Å²) in [5.74, 6) is 0. The SMILES string of the molecule is CCCCCCN1C(=O)NCCC1CC. The number of carbonyl (C=O) groups is 1. The molecule has 1 unspecified atom stereocenters. The Bertz CT molecular complexity index is 194. The molecule has 0 saturated carbocycles. The Morgan fingerprint density at radius 2 is 2.13 bits per heavy atom. The molecule has 88 valence electrons. The highest BCUT2D eigenvalue weighted by molar-refractivity contribution is 5.75. The first-order valence-corrected chi connectivity index (χ1v) is 6.34. The molecule has 1 fully saturated rings. The average molecular weight is 212 g/mol. The lowest BCUT2D eigenvalue weighted by atomic mass is 10.1. The summed E-state index contributed by atoms with van der Waals surface area (Å²) < 4.78 is 0. The molecule has 0 aromatic carbocycles. The summed E-state index contributed by atoms with van der Waals surface area (Å²) in [5.41, 5.74) is 0. The summed E-state index contributed by atoms with van der Waals surface area (Å²) >= 11 is 0. The second-order valence-corrected chi connectivity index (χ2v) is 4.34. The highest BCUT2D eigenvalue weighted by Crippen LogP contribution is 2.14. The van der Waals surface area contributed by atoms with Crippen LogP contribution in [0.5, 0.6) is 0 Å². The zero-order valence-corrected chi connectivity index (χ0v) is 10.1. The van der Waals surface area contributed by atoms with E-state index in [1.54, 1.807) is 0 Å². The van der Waals surface area contributed by atoms with E-state index in [1.165, 1.54) is 19.3 Å². The van der Waals surface area contributed by atoms with E-state index in [0.717, 1.165) is 32.4 Å². The Morgan fingerprint density at radius 3 is 2.80 bits per heavy atom. The monoisotopic (exact) mass is 212 g/mol. The number of carbonyl (C=O) groups excluding carboxylic acids is 1. The van der Waals surface area contributed by atoms with Crippen molar-refractivity contribution in [3.63, 3.8) is 0 Å². The standard InChI is InChI=1S/C12H24N2O/c1-3-5-6-7-10-14-11(4-2)8-9-13-12(14)15/h11H,3-10H2,1-2H3,(H,13,15). The topological polar surface area (TPSA) is 32.3 Å². The third-order valence-electron chi connectivity index (χ3n) is 3.18. The van der Waals surface area contributed by atoms with E-state index >= 15 is 0 Å². The average Bonchev–Trinajstić information content (AvgIpc) is 2.26. The molecule has 1 aliphatic rings. The van der Waals surface area contributed by atoms with Gasteiger partial charge in [0.15, 0.2) is 0 Å². The maximum Gasteiger partial charge on any atom is 0.317 e. The van der Waals surface area contributed by atoms with Crippen LogP contribution in [0.1, 0.15) is 52.4 Å². The van der Waals surface area contributed by atoms with Crippen LogP contribution in [0.15, 0.2) is 0 Å². The molecule has 0 spiro atoms. The molecule has 1 saturated heterocycles. The Kier molecular flexibility index (Phi) is 5.51. The molecule has 0 radical (unpaired) electrons. The van der Waals surface area contributed by atoms with Crippen LogP contribution in [-0.4, -0.2) is 30.1 Å². The van der Waals surface area contributed by atoms with E-state index in [1.807, 2.05) is 4.90 Å². The minimum atomic E-state index is 0.143. The van der Waals surface area contributed by atoms with Crippen molar-refractivity contribution in [3.8, 4) is 0 Å². The highest BCUT2D eigenvalue weighted by atomic mass is 16.2. The molecule has 1 rings (SSSR count). The van der Waals surface area contributed by atoms with Crippen LogP contribution >= 0.6 is 0 Å². The fourth-order valence-corrected chi connectivity index (χ4v) is 2.19. The first-order valence-electron chi connectivity index (χ1n) is 6.34. The van der Waals surface area contributed by atoms with Crippen molar-refractivity contribution in [1.82, 2.24) is 10.2 Å². The van der Waals surface area contributed by atoms with Gasteiger partial charge in [-0.3, -0.25) is 0 Å². The first kappa shape index (κ1) is 12.3. The molecule has 2 amide bonds. The predicted molar refractivity (Wildman–Crippen MR) is 62.9 cm³/mol. The van der Waals surface area contributed by atoms with Crippen LogP contribution in [0.25, 0.3) is 0 Å². The number of amides is 2. The van der Waals surface area contributed by atoms with Gasteiger partial charge in [-0.15, -0.1) is 0 Å². The first-order chi connectivity index (χ1) is 7.29. The van der Waals surface area contributed by atoms with Gasteiger partial charge in [0.2, 0.25) is 0 Å². The molecule has 1 atom stereocenters. The smallest absolute Gasteiger partial charge is 0.317 e. The highest BCUT2D eigenvalue weighted by Gasteiger charge is 2.25. The summed E-state index contributed by atoms with van der Waals surface area (Å²) in [6, 6.07) is 0.616. The van der Waals surface area contributed by atoms with Crippen LogP contribution < -0.4 is 5.32 Å². The van der Waals surface area contributed by atoms with Gasteiger partial charge in [-0.2, -0.15) is 0 Å². The number of urea groups is 1. The van der Waals surface area contributed by atoms with Crippen LogP contribution in [0.4, 0.5) is 4.79 Å². The molecule has 0 bridgehead atoms. The van der Waals surface area contributed by atoms with Crippen molar-refractivity contribution in [2.24, 2.45) is 0 Å².